The van der Waals surface area contributed by atoms with Gasteiger partial charge in [-0.15, -0.1) is 0 Å². The number of Topliss-reactive ketones (excluding diaryl/α,β-unsaturated/α-hetero) is 1. The summed E-state index contributed by atoms with van der Waals surface area (Å²) >= 11 is 0. The third-order valence-electron chi connectivity index (χ3n) is 6.34. The normalized spacial score (nSPS) is 19.4. The first-order valence-electron chi connectivity index (χ1n) is 10.9. The number of aliphatic hydroxyl groups excluding tert-OH is 2. The van der Waals surface area contributed by atoms with Crippen LogP contribution in [0.3, 0.4) is 0 Å². The van der Waals surface area contributed by atoms with E-state index in [9.17, 15) is 23.8 Å². The number of aliphatic hydroxyl groups is 2. The number of ketones is 1. The maximum absolute atomic E-state index is 14.0. The Morgan fingerprint density at radius 2 is 1.74 bits per heavy atom. The molecule has 0 amide bonds. The standard InChI is InChI=1S/C26H22F2N2O4/c1-14-23(21(31)12-17-15-6-2-3-7-16(15)24(32)25(17)33)30-11-5-10-22(26(30)29-14)34-13-18-19(27)8-4-9-20(18)28/h2-11,17,24-25,32-33H,12-13H2,1H3/t17-,24+,25-/m1/s1. The molecule has 3 atom stereocenters. The monoisotopic (exact) mass is 464 g/mol. The summed E-state index contributed by atoms with van der Waals surface area (Å²) in [4.78, 5) is 17.8. The van der Waals surface area contributed by atoms with Gasteiger partial charge < -0.3 is 14.9 Å². The molecule has 4 aromatic rings. The van der Waals surface area contributed by atoms with Crippen LogP contribution in [-0.4, -0.2) is 31.5 Å². The van der Waals surface area contributed by atoms with Gasteiger partial charge in [0.2, 0.25) is 0 Å². The van der Waals surface area contributed by atoms with Crippen LogP contribution in [-0.2, 0) is 6.61 Å². The summed E-state index contributed by atoms with van der Waals surface area (Å²) < 4.78 is 35.2. The van der Waals surface area contributed by atoms with E-state index in [4.69, 9.17) is 4.74 Å². The van der Waals surface area contributed by atoms with Gasteiger partial charge in [-0.3, -0.25) is 9.20 Å². The number of carbonyl (C=O) groups excluding carboxylic acids is 1. The van der Waals surface area contributed by atoms with E-state index in [1.165, 1.54) is 6.07 Å². The summed E-state index contributed by atoms with van der Waals surface area (Å²) in [7, 11) is 0. The lowest BCUT2D eigenvalue weighted by Crippen LogP contribution is -2.21. The van der Waals surface area contributed by atoms with Crippen molar-refractivity contribution in [2.45, 2.75) is 38.1 Å². The number of nitrogens with zero attached hydrogens (tertiary/aromatic N) is 2. The van der Waals surface area contributed by atoms with Crippen LogP contribution in [0.2, 0.25) is 0 Å². The molecule has 0 spiro atoms. The van der Waals surface area contributed by atoms with Gasteiger partial charge in [0.1, 0.15) is 30.0 Å². The van der Waals surface area contributed by atoms with Gasteiger partial charge in [0.15, 0.2) is 17.2 Å². The van der Waals surface area contributed by atoms with Gasteiger partial charge in [0.05, 0.1) is 17.4 Å². The van der Waals surface area contributed by atoms with E-state index in [2.05, 4.69) is 4.98 Å². The predicted molar refractivity (Wildman–Crippen MR) is 120 cm³/mol. The third kappa shape index (κ3) is 3.65. The first-order valence-corrected chi connectivity index (χ1v) is 10.9. The average molecular weight is 464 g/mol. The van der Waals surface area contributed by atoms with Crippen LogP contribution in [0, 0.1) is 18.6 Å². The van der Waals surface area contributed by atoms with E-state index in [0.29, 0.717) is 22.6 Å². The van der Waals surface area contributed by atoms with Gasteiger partial charge in [-0.1, -0.05) is 30.3 Å². The van der Waals surface area contributed by atoms with Crippen LogP contribution in [0.5, 0.6) is 5.75 Å². The zero-order chi connectivity index (χ0) is 24.0. The van der Waals surface area contributed by atoms with E-state index in [0.717, 1.165) is 17.7 Å². The quantitative estimate of drug-likeness (QED) is 0.417. The van der Waals surface area contributed by atoms with Crippen LogP contribution in [0.4, 0.5) is 8.78 Å². The zero-order valence-electron chi connectivity index (χ0n) is 18.3. The Hall–Kier alpha value is -3.62. The van der Waals surface area contributed by atoms with Crippen LogP contribution in [0.25, 0.3) is 5.65 Å². The molecule has 1 aliphatic carbocycles. The number of pyridine rings is 1. The molecular formula is C26H22F2N2O4. The lowest BCUT2D eigenvalue weighted by Gasteiger charge is -2.16. The zero-order valence-corrected chi connectivity index (χ0v) is 18.3. The van der Waals surface area contributed by atoms with Gasteiger partial charge in [-0.05, 0) is 42.3 Å². The van der Waals surface area contributed by atoms with Crippen LogP contribution < -0.4 is 4.74 Å². The second-order valence-electron chi connectivity index (χ2n) is 8.40. The molecule has 5 rings (SSSR count). The average Bonchev–Trinajstić information content (AvgIpc) is 3.28. The van der Waals surface area contributed by atoms with Crippen LogP contribution in [0.1, 0.15) is 51.3 Å². The highest BCUT2D eigenvalue weighted by Gasteiger charge is 2.40. The van der Waals surface area contributed by atoms with Crippen molar-refractivity contribution < 1.29 is 28.5 Å². The summed E-state index contributed by atoms with van der Waals surface area (Å²) in [6, 6.07) is 14.0. The molecule has 0 fully saturated rings. The Bertz CT molecular complexity index is 1380. The molecule has 1 aliphatic rings. The molecule has 6 nitrogen and oxygen atoms in total. The summed E-state index contributed by atoms with van der Waals surface area (Å²) in [5.74, 6) is -1.95. The van der Waals surface area contributed by atoms with Gasteiger partial charge in [-0.25, -0.2) is 13.8 Å². The van der Waals surface area contributed by atoms with Gasteiger partial charge >= 0.3 is 0 Å². The Balaban J connectivity index is 1.44. The fraction of sp³-hybridized carbons (Fsp3) is 0.231. The van der Waals surface area contributed by atoms with Gasteiger partial charge in [-0.2, -0.15) is 0 Å². The third-order valence-corrected chi connectivity index (χ3v) is 6.34. The van der Waals surface area contributed by atoms with Gasteiger partial charge in [0.25, 0.3) is 0 Å². The molecule has 2 aromatic carbocycles. The maximum atomic E-state index is 14.0. The Morgan fingerprint density at radius 3 is 2.47 bits per heavy atom. The molecule has 8 heteroatoms. The number of aryl methyl sites for hydroxylation is 1. The second kappa shape index (κ2) is 8.62. The highest BCUT2D eigenvalue weighted by Crippen LogP contribution is 2.43. The van der Waals surface area contributed by atoms with E-state index in [1.54, 1.807) is 41.8 Å². The molecule has 0 saturated carbocycles. The molecule has 0 aliphatic heterocycles. The van der Waals surface area contributed by atoms with Crippen LogP contribution >= 0.6 is 0 Å². The van der Waals surface area contributed by atoms with E-state index in [1.807, 2.05) is 12.1 Å². The summed E-state index contributed by atoms with van der Waals surface area (Å²) in [6.45, 7) is 1.35. The predicted octanol–water partition coefficient (Wildman–Crippen LogP) is 4.26. The number of rotatable bonds is 6. The number of benzene rings is 2. The first-order chi connectivity index (χ1) is 16.4. The Morgan fingerprint density at radius 1 is 1.03 bits per heavy atom. The maximum Gasteiger partial charge on any atom is 0.182 e. The fourth-order valence-corrected chi connectivity index (χ4v) is 4.66. The van der Waals surface area contributed by atoms with Crippen molar-refractivity contribution in [1.29, 1.82) is 0 Å². The lowest BCUT2D eigenvalue weighted by atomic mass is 9.92. The highest BCUT2D eigenvalue weighted by molar-refractivity contribution is 5.97. The van der Waals surface area contributed by atoms with Crippen molar-refractivity contribution >= 4 is 11.4 Å². The SMILES string of the molecule is Cc1nc2c(OCc3c(F)cccc3F)cccn2c1C(=O)C[C@@H]1c2ccccc2[C@H](O)[C@@H]1O. The second-order valence-corrected chi connectivity index (χ2v) is 8.40. The van der Waals surface area contributed by atoms with Crippen molar-refractivity contribution in [3.8, 4) is 5.75 Å². The minimum atomic E-state index is -1.09. The van der Waals surface area contributed by atoms with Crippen molar-refractivity contribution in [3.63, 3.8) is 0 Å². The van der Waals surface area contributed by atoms with Crippen LogP contribution in [0.15, 0.2) is 60.8 Å². The van der Waals surface area contributed by atoms with E-state index < -0.39 is 29.8 Å². The molecule has 174 valence electrons. The summed E-state index contributed by atoms with van der Waals surface area (Å²) in [5, 5.41) is 20.9. The minimum Gasteiger partial charge on any atom is -0.485 e. The minimum absolute atomic E-state index is 0.0185. The molecule has 0 unspecified atom stereocenters. The number of hydrogen-bond acceptors (Lipinski definition) is 5. The molecule has 0 bridgehead atoms. The summed E-state index contributed by atoms with van der Waals surface area (Å²) in [5.41, 5.74) is 2.30. The molecule has 2 heterocycles. The topological polar surface area (TPSA) is 84.1 Å². The number of halogens is 2. The number of fused-ring (bicyclic) bond motifs is 2. The number of hydrogen-bond donors (Lipinski definition) is 2. The highest BCUT2D eigenvalue weighted by atomic mass is 19.1. The summed E-state index contributed by atoms with van der Waals surface area (Å²) in [6.07, 6.45) is -0.492. The van der Waals surface area contributed by atoms with Crippen molar-refractivity contribution in [3.05, 3.63) is 101 Å². The molecule has 0 radical (unpaired) electrons. The van der Waals surface area contributed by atoms with E-state index in [-0.39, 0.29) is 30.1 Å². The lowest BCUT2D eigenvalue weighted by molar-refractivity contribution is 0.0158. The molecule has 2 aromatic heterocycles. The number of ether oxygens (including phenoxy) is 1. The number of aromatic nitrogens is 2. The number of carbonyl (C=O) groups is 1. The van der Waals surface area contributed by atoms with Crippen molar-refractivity contribution in [2.75, 3.05) is 0 Å². The first kappa shape index (κ1) is 22.2. The molecule has 34 heavy (non-hydrogen) atoms. The van der Waals surface area contributed by atoms with Gasteiger partial charge in [0, 0.05) is 18.5 Å². The van der Waals surface area contributed by atoms with Crippen molar-refractivity contribution in [1.82, 2.24) is 9.38 Å². The molecular weight excluding hydrogens is 442 g/mol. The molecule has 0 saturated heterocycles. The molecule has 2 N–H and O–H groups in total. The fourth-order valence-electron chi connectivity index (χ4n) is 4.66. The number of imidazole rings is 1. The largest absolute Gasteiger partial charge is 0.485 e. The smallest absolute Gasteiger partial charge is 0.182 e. The Labute approximate surface area is 194 Å². The van der Waals surface area contributed by atoms with Crippen molar-refractivity contribution in [2.24, 2.45) is 0 Å². The van der Waals surface area contributed by atoms with E-state index >= 15 is 0 Å². The Kier molecular flexibility index (Phi) is 5.63.